The van der Waals surface area contributed by atoms with E-state index in [-0.39, 0.29) is 22.8 Å². The molecule has 0 radical (unpaired) electrons. The van der Waals surface area contributed by atoms with Crippen molar-refractivity contribution in [1.29, 1.82) is 0 Å². The van der Waals surface area contributed by atoms with E-state index in [9.17, 15) is 15.0 Å². The number of carbonyl (C=O) groups excluding carboxylic acids is 1. The summed E-state index contributed by atoms with van der Waals surface area (Å²) in [4.78, 5) is 12.2. The highest BCUT2D eigenvalue weighted by Crippen LogP contribution is 2.33. The second kappa shape index (κ2) is 4.53. The molecule has 0 aliphatic rings. The van der Waals surface area contributed by atoms with Gasteiger partial charge in [0.2, 0.25) is 0 Å². The van der Waals surface area contributed by atoms with Crippen LogP contribution in [0, 0.1) is 13.8 Å². The number of rotatable bonds is 2. The van der Waals surface area contributed by atoms with Crippen molar-refractivity contribution in [2.45, 2.75) is 13.8 Å². The third-order valence-electron chi connectivity index (χ3n) is 3.12. The fourth-order valence-electron chi connectivity index (χ4n) is 1.80. The maximum Gasteiger partial charge on any atom is 0.196 e. The predicted molar refractivity (Wildman–Crippen MR) is 69.1 cm³/mol. The number of phenolic OH excluding ortho intramolecular Hbond substituents is 2. The van der Waals surface area contributed by atoms with Gasteiger partial charge in [0, 0.05) is 5.56 Å². The van der Waals surface area contributed by atoms with Crippen LogP contribution in [0.15, 0.2) is 36.4 Å². The van der Waals surface area contributed by atoms with Crippen molar-refractivity contribution in [1.82, 2.24) is 0 Å². The molecule has 0 aliphatic heterocycles. The number of carbonyl (C=O) groups is 1. The summed E-state index contributed by atoms with van der Waals surface area (Å²) in [5, 5.41) is 19.7. The molecule has 0 saturated carbocycles. The number of benzene rings is 2. The molecular formula is C15H14O3. The molecule has 92 valence electrons. The van der Waals surface area contributed by atoms with Crippen LogP contribution in [-0.4, -0.2) is 16.0 Å². The van der Waals surface area contributed by atoms with E-state index >= 15 is 0 Å². The maximum atomic E-state index is 12.2. The lowest BCUT2D eigenvalue weighted by Crippen LogP contribution is -2.03. The van der Waals surface area contributed by atoms with Crippen LogP contribution in [0.4, 0.5) is 0 Å². The van der Waals surface area contributed by atoms with E-state index in [1.807, 2.05) is 6.07 Å². The van der Waals surface area contributed by atoms with Gasteiger partial charge in [0.05, 0.1) is 5.56 Å². The van der Waals surface area contributed by atoms with Gasteiger partial charge in [0.25, 0.3) is 0 Å². The average Bonchev–Trinajstić information content (AvgIpc) is 2.41. The maximum absolute atomic E-state index is 12.2. The zero-order valence-corrected chi connectivity index (χ0v) is 10.3. The third-order valence-corrected chi connectivity index (χ3v) is 3.12. The van der Waals surface area contributed by atoms with Crippen molar-refractivity contribution in [3.05, 3.63) is 58.7 Å². The smallest absolute Gasteiger partial charge is 0.196 e. The number of aromatic hydroxyl groups is 2. The van der Waals surface area contributed by atoms with Crippen LogP contribution >= 0.6 is 0 Å². The van der Waals surface area contributed by atoms with E-state index in [1.165, 1.54) is 6.07 Å². The van der Waals surface area contributed by atoms with Gasteiger partial charge in [-0.3, -0.25) is 4.79 Å². The molecule has 0 aliphatic carbocycles. The van der Waals surface area contributed by atoms with Gasteiger partial charge >= 0.3 is 0 Å². The van der Waals surface area contributed by atoms with Crippen molar-refractivity contribution >= 4 is 5.78 Å². The van der Waals surface area contributed by atoms with Crippen molar-refractivity contribution in [3.63, 3.8) is 0 Å². The van der Waals surface area contributed by atoms with Crippen molar-refractivity contribution in [3.8, 4) is 11.5 Å². The van der Waals surface area contributed by atoms with Crippen LogP contribution in [-0.2, 0) is 0 Å². The average molecular weight is 242 g/mol. The first-order valence-electron chi connectivity index (χ1n) is 5.64. The van der Waals surface area contributed by atoms with Crippen molar-refractivity contribution in [2.75, 3.05) is 0 Å². The molecule has 3 nitrogen and oxygen atoms in total. The van der Waals surface area contributed by atoms with Crippen molar-refractivity contribution < 1.29 is 15.0 Å². The van der Waals surface area contributed by atoms with Crippen LogP contribution in [0.3, 0.4) is 0 Å². The number of phenols is 2. The van der Waals surface area contributed by atoms with Crippen LogP contribution in [0.2, 0.25) is 0 Å². The molecule has 0 saturated heterocycles. The Labute approximate surface area is 105 Å². The van der Waals surface area contributed by atoms with Gasteiger partial charge in [-0.25, -0.2) is 0 Å². The molecule has 0 atom stereocenters. The lowest BCUT2D eigenvalue weighted by molar-refractivity contribution is 0.103. The van der Waals surface area contributed by atoms with Crippen molar-refractivity contribution in [2.24, 2.45) is 0 Å². The minimum absolute atomic E-state index is 0.0181. The van der Waals surface area contributed by atoms with Crippen LogP contribution < -0.4 is 0 Å². The van der Waals surface area contributed by atoms with E-state index in [2.05, 4.69) is 0 Å². The zero-order chi connectivity index (χ0) is 13.3. The zero-order valence-electron chi connectivity index (χ0n) is 10.3. The summed E-state index contributed by atoms with van der Waals surface area (Å²) in [7, 11) is 0. The summed E-state index contributed by atoms with van der Waals surface area (Å²) < 4.78 is 0. The monoisotopic (exact) mass is 242 g/mol. The van der Waals surface area contributed by atoms with Gasteiger partial charge in [-0.2, -0.15) is 0 Å². The fourth-order valence-corrected chi connectivity index (χ4v) is 1.80. The lowest BCUT2D eigenvalue weighted by atomic mass is 9.97. The lowest BCUT2D eigenvalue weighted by Gasteiger charge is -2.11. The number of ketones is 1. The highest BCUT2D eigenvalue weighted by Gasteiger charge is 2.18. The Kier molecular flexibility index (Phi) is 3.06. The second-order valence-corrected chi connectivity index (χ2v) is 4.24. The van der Waals surface area contributed by atoms with E-state index in [1.54, 1.807) is 38.1 Å². The second-order valence-electron chi connectivity index (χ2n) is 4.24. The normalized spacial score (nSPS) is 10.3. The van der Waals surface area contributed by atoms with Gasteiger partial charge < -0.3 is 10.2 Å². The quantitative estimate of drug-likeness (QED) is 0.628. The first-order valence-corrected chi connectivity index (χ1v) is 5.64. The Morgan fingerprint density at radius 2 is 1.61 bits per heavy atom. The molecule has 2 aromatic carbocycles. The number of hydrogen-bond acceptors (Lipinski definition) is 3. The summed E-state index contributed by atoms with van der Waals surface area (Å²) in [6.07, 6.45) is 0. The Hall–Kier alpha value is -2.29. The molecule has 0 amide bonds. The van der Waals surface area contributed by atoms with Gasteiger partial charge in [-0.05, 0) is 31.0 Å². The molecule has 0 spiro atoms. The van der Waals surface area contributed by atoms with Gasteiger partial charge in [-0.15, -0.1) is 0 Å². The largest absolute Gasteiger partial charge is 0.508 e. The van der Waals surface area contributed by atoms with E-state index in [0.29, 0.717) is 16.7 Å². The SMILES string of the molecule is Cc1c(O)cc(C(=O)c2ccccc2)c(O)c1C. The molecule has 0 bridgehead atoms. The molecule has 0 heterocycles. The summed E-state index contributed by atoms with van der Waals surface area (Å²) in [5.74, 6) is -0.352. The molecule has 2 aromatic rings. The molecule has 0 unspecified atom stereocenters. The predicted octanol–water partition coefficient (Wildman–Crippen LogP) is 2.95. The summed E-state index contributed by atoms with van der Waals surface area (Å²) >= 11 is 0. The Balaban J connectivity index is 2.56. The standard InChI is InChI=1S/C15H14O3/c1-9-10(2)14(17)12(8-13(9)16)15(18)11-6-4-3-5-7-11/h3-8,16-17H,1-2H3. The topological polar surface area (TPSA) is 57.5 Å². The molecular weight excluding hydrogens is 228 g/mol. The Morgan fingerprint density at radius 1 is 1.00 bits per heavy atom. The van der Waals surface area contributed by atoms with E-state index in [4.69, 9.17) is 0 Å². The highest BCUT2D eigenvalue weighted by molar-refractivity contribution is 6.11. The fraction of sp³-hybridized carbons (Fsp3) is 0.133. The first kappa shape index (κ1) is 12.2. The molecule has 0 fully saturated rings. The minimum Gasteiger partial charge on any atom is -0.508 e. The van der Waals surface area contributed by atoms with Gasteiger partial charge in [0.15, 0.2) is 5.78 Å². The molecule has 18 heavy (non-hydrogen) atoms. The highest BCUT2D eigenvalue weighted by atomic mass is 16.3. The summed E-state index contributed by atoms with van der Waals surface area (Å²) in [6, 6.07) is 9.99. The Bertz CT molecular complexity index is 601. The van der Waals surface area contributed by atoms with Crippen LogP contribution in [0.25, 0.3) is 0 Å². The first-order chi connectivity index (χ1) is 8.52. The Morgan fingerprint density at radius 3 is 2.22 bits per heavy atom. The third kappa shape index (κ3) is 1.95. The van der Waals surface area contributed by atoms with E-state index in [0.717, 1.165) is 0 Å². The van der Waals surface area contributed by atoms with Crippen LogP contribution in [0.5, 0.6) is 11.5 Å². The van der Waals surface area contributed by atoms with Crippen LogP contribution in [0.1, 0.15) is 27.0 Å². The summed E-state index contributed by atoms with van der Waals surface area (Å²) in [5.41, 5.74) is 1.71. The van der Waals surface area contributed by atoms with E-state index < -0.39 is 0 Å². The molecule has 2 rings (SSSR count). The molecule has 2 N–H and O–H groups in total. The minimum atomic E-state index is -0.300. The summed E-state index contributed by atoms with van der Waals surface area (Å²) in [6.45, 7) is 3.37. The molecule has 3 heteroatoms. The number of hydrogen-bond donors (Lipinski definition) is 2. The van der Waals surface area contributed by atoms with Gasteiger partial charge in [-0.1, -0.05) is 30.3 Å². The molecule has 0 aromatic heterocycles. The van der Waals surface area contributed by atoms with Gasteiger partial charge in [0.1, 0.15) is 11.5 Å².